The van der Waals surface area contributed by atoms with Crippen LogP contribution < -0.4 is 0 Å². The molecule has 0 unspecified atom stereocenters. The third-order valence-electron chi connectivity index (χ3n) is 4.70. The van der Waals surface area contributed by atoms with E-state index in [9.17, 15) is 4.79 Å². The summed E-state index contributed by atoms with van der Waals surface area (Å²) in [5.74, 6) is 3.02. The summed E-state index contributed by atoms with van der Waals surface area (Å²) in [6.45, 7) is 1.53. The quantitative estimate of drug-likeness (QED) is 0.542. The second-order valence-corrected chi connectivity index (χ2v) is 6.39. The van der Waals surface area contributed by atoms with Gasteiger partial charge in [-0.25, -0.2) is 0 Å². The fourth-order valence-corrected chi connectivity index (χ4v) is 5.68. The van der Waals surface area contributed by atoms with Gasteiger partial charge in [0.2, 0.25) is 0 Å². The number of alkyl halides is 1. The standard InChI is InChI=1S/C12H17BrO2/c1-6(14)15-10-5-9-7-3-2-4-8(7)11(10)12(9)13/h7-12H,2-5H2,1H3/t7-,8+,9-,10+,11-,12-/m1/s1. The van der Waals surface area contributed by atoms with Crippen molar-refractivity contribution in [1.82, 2.24) is 0 Å². The highest BCUT2D eigenvalue weighted by Crippen LogP contribution is 2.61. The fraction of sp³-hybridized carbons (Fsp3) is 0.917. The molecule has 0 aromatic rings. The van der Waals surface area contributed by atoms with E-state index in [-0.39, 0.29) is 12.1 Å². The van der Waals surface area contributed by atoms with Gasteiger partial charge in [0, 0.05) is 17.7 Å². The Morgan fingerprint density at radius 2 is 2.00 bits per heavy atom. The molecular weight excluding hydrogens is 256 g/mol. The highest BCUT2D eigenvalue weighted by Gasteiger charge is 2.60. The molecule has 3 aliphatic carbocycles. The van der Waals surface area contributed by atoms with Crippen LogP contribution in [0.15, 0.2) is 0 Å². The number of carbonyl (C=O) groups excluding carboxylic acids is 1. The lowest BCUT2D eigenvalue weighted by molar-refractivity contribution is -0.150. The highest BCUT2D eigenvalue weighted by atomic mass is 79.9. The van der Waals surface area contributed by atoms with Crippen LogP contribution in [0, 0.1) is 23.7 Å². The Bertz CT molecular complexity index is 289. The molecule has 3 heteroatoms. The third kappa shape index (κ3) is 1.38. The zero-order chi connectivity index (χ0) is 10.6. The molecule has 0 radical (unpaired) electrons. The van der Waals surface area contributed by atoms with Crippen molar-refractivity contribution in [2.24, 2.45) is 23.7 Å². The molecule has 0 N–H and O–H groups in total. The van der Waals surface area contributed by atoms with Crippen molar-refractivity contribution in [2.45, 2.75) is 43.5 Å². The Balaban J connectivity index is 1.80. The van der Waals surface area contributed by atoms with Crippen LogP contribution in [0.4, 0.5) is 0 Å². The minimum Gasteiger partial charge on any atom is -0.462 e. The van der Waals surface area contributed by atoms with Gasteiger partial charge in [0.05, 0.1) is 0 Å². The van der Waals surface area contributed by atoms with Crippen molar-refractivity contribution in [2.75, 3.05) is 0 Å². The van der Waals surface area contributed by atoms with E-state index in [1.165, 1.54) is 26.2 Å². The zero-order valence-corrected chi connectivity index (χ0v) is 10.6. The number of esters is 1. The monoisotopic (exact) mass is 272 g/mol. The number of hydrogen-bond donors (Lipinski definition) is 0. The fourth-order valence-electron chi connectivity index (χ4n) is 4.34. The number of carbonyl (C=O) groups is 1. The van der Waals surface area contributed by atoms with Gasteiger partial charge >= 0.3 is 5.97 Å². The van der Waals surface area contributed by atoms with Crippen LogP contribution in [0.5, 0.6) is 0 Å². The van der Waals surface area contributed by atoms with Crippen molar-refractivity contribution in [3.63, 3.8) is 0 Å². The van der Waals surface area contributed by atoms with Gasteiger partial charge in [-0.15, -0.1) is 0 Å². The molecule has 3 fully saturated rings. The molecule has 2 nitrogen and oxygen atoms in total. The maximum absolute atomic E-state index is 11.0. The molecule has 6 atom stereocenters. The second kappa shape index (κ2) is 3.47. The molecule has 3 rings (SSSR count). The molecule has 2 bridgehead atoms. The van der Waals surface area contributed by atoms with Gasteiger partial charge in [0.25, 0.3) is 0 Å². The predicted molar refractivity (Wildman–Crippen MR) is 60.7 cm³/mol. The molecule has 3 aliphatic rings. The van der Waals surface area contributed by atoms with Crippen LogP contribution >= 0.6 is 15.9 Å². The normalized spacial score (nSPS) is 51.9. The van der Waals surface area contributed by atoms with Gasteiger partial charge in [0.15, 0.2) is 0 Å². The van der Waals surface area contributed by atoms with E-state index < -0.39 is 0 Å². The number of hydrogen-bond acceptors (Lipinski definition) is 2. The van der Waals surface area contributed by atoms with Crippen LogP contribution in [-0.2, 0) is 9.53 Å². The largest absolute Gasteiger partial charge is 0.462 e. The Morgan fingerprint density at radius 3 is 2.73 bits per heavy atom. The Labute approximate surface area is 98.9 Å². The average Bonchev–Trinajstić information content (AvgIpc) is 2.76. The van der Waals surface area contributed by atoms with E-state index in [1.54, 1.807) is 0 Å². The van der Waals surface area contributed by atoms with Gasteiger partial charge in [-0.05, 0) is 37.0 Å². The van der Waals surface area contributed by atoms with Crippen molar-refractivity contribution in [3.05, 3.63) is 0 Å². The molecular formula is C12H17BrO2. The van der Waals surface area contributed by atoms with Crippen LogP contribution in [0.25, 0.3) is 0 Å². The summed E-state index contributed by atoms with van der Waals surface area (Å²) in [6, 6.07) is 0. The van der Waals surface area contributed by atoms with E-state index in [0.717, 1.165) is 24.2 Å². The Morgan fingerprint density at radius 1 is 1.27 bits per heavy atom. The van der Waals surface area contributed by atoms with Crippen molar-refractivity contribution in [1.29, 1.82) is 0 Å². The molecule has 0 amide bonds. The van der Waals surface area contributed by atoms with Crippen LogP contribution in [0.3, 0.4) is 0 Å². The molecule has 0 aromatic heterocycles. The first-order valence-electron chi connectivity index (χ1n) is 6.00. The average molecular weight is 273 g/mol. The highest BCUT2D eigenvalue weighted by molar-refractivity contribution is 9.09. The lowest BCUT2D eigenvalue weighted by Crippen LogP contribution is -2.32. The topological polar surface area (TPSA) is 26.3 Å². The molecule has 3 saturated carbocycles. The summed E-state index contributed by atoms with van der Waals surface area (Å²) in [6.07, 6.45) is 5.44. The SMILES string of the molecule is CC(=O)O[C@H]1C[C@H]2[C@@H](Br)[C@@H]1[C@H]1CCC[C@@H]21. The third-order valence-corrected chi connectivity index (χ3v) is 5.99. The van der Waals surface area contributed by atoms with Gasteiger partial charge < -0.3 is 4.74 Å². The summed E-state index contributed by atoms with van der Waals surface area (Å²) in [5.41, 5.74) is 0. The second-order valence-electron chi connectivity index (χ2n) is 5.33. The van der Waals surface area contributed by atoms with Gasteiger partial charge in [0.1, 0.15) is 6.10 Å². The number of fused-ring (bicyclic) bond motifs is 5. The molecule has 15 heavy (non-hydrogen) atoms. The van der Waals surface area contributed by atoms with Crippen LogP contribution in [0.2, 0.25) is 0 Å². The Kier molecular flexibility index (Phi) is 2.35. The lowest BCUT2D eigenvalue weighted by atomic mass is 9.80. The van der Waals surface area contributed by atoms with E-state index in [0.29, 0.717) is 10.7 Å². The molecule has 0 aliphatic heterocycles. The van der Waals surface area contributed by atoms with E-state index in [1.807, 2.05) is 0 Å². The smallest absolute Gasteiger partial charge is 0.302 e. The van der Waals surface area contributed by atoms with Crippen molar-refractivity contribution < 1.29 is 9.53 Å². The van der Waals surface area contributed by atoms with E-state index >= 15 is 0 Å². The zero-order valence-electron chi connectivity index (χ0n) is 8.99. The summed E-state index contributed by atoms with van der Waals surface area (Å²) >= 11 is 3.83. The van der Waals surface area contributed by atoms with Gasteiger partial charge in [-0.2, -0.15) is 0 Å². The maximum atomic E-state index is 11.0. The number of ether oxygens (including phenoxy) is 1. The number of halogens is 1. The van der Waals surface area contributed by atoms with E-state index in [2.05, 4.69) is 15.9 Å². The van der Waals surface area contributed by atoms with E-state index in [4.69, 9.17) is 4.74 Å². The summed E-state index contributed by atoms with van der Waals surface area (Å²) in [5, 5.41) is 0. The lowest BCUT2D eigenvalue weighted by Gasteiger charge is -2.30. The first kappa shape index (κ1) is 10.1. The minimum atomic E-state index is -0.109. The first-order valence-corrected chi connectivity index (χ1v) is 6.91. The summed E-state index contributed by atoms with van der Waals surface area (Å²) in [7, 11) is 0. The Hall–Kier alpha value is -0.0500. The maximum Gasteiger partial charge on any atom is 0.302 e. The molecule has 0 spiro atoms. The number of rotatable bonds is 1. The summed E-state index contributed by atoms with van der Waals surface area (Å²) < 4.78 is 5.45. The molecule has 84 valence electrons. The van der Waals surface area contributed by atoms with Crippen molar-refractivity contribution >= 4 is 21.9 Å². The summed E-state index contributed by atoms with van der Waals surface area (Å²) in [4.78, 5) is 11.6. The molecule has 0 saturated heterocycles. The van der Waals surface area contributed by atoms with Gasteiger partial charge in [-0.1, -0.05) is 22.4 Å². The molecule has 0 heterocycles. The van der Waals surface area contributed by atoms with Crippen LogP contribution in [-0.4, -0.2) is 16.9 Å². The van der Waals surface area contributed by atoms with Gasteiger partial charge in [-0.3, -0.25) is 4.79 Å². The predicted octanol–water partition coefficient (Wildman–Crippen LogP) is 2.75. The first-order chi connectivity index (χ1) is 7.18. The van der Waals surface area contributed by atoms with Crippen LogP contribution in [0.1, 0.15) is 32.6 Å². The van der Waals surface area contributed by atoms with Crippen molar-refractivity contribution in [3.8, 4) is 0 Å². The molecule has 0 aromatic carbocycles. The minimum absolute atomic E-state index is 0.109.